The van der Waals surface area contributed by atoms with Gasteiger partial charge in [-0.25, -0.2) is 5.43 Å². The fourth-order valence-electron chi connectivity index (χ4n) is 3.40. The minimum atomic E-state index is -0.905. The Morgan fingerprint density at radius 1 is 0.892 bits per heavy atom. The number of methoxy groups -OCH3 is 1. The van der Waals surface area contributed by atoms with E-state index in [-0.39, 0.29) is 12.5 Å². The van der Waals surface area contributed by atoms with Crippen LogP contribution in [-0.2, 0) is 20.8 Å². The summed E-state index contributed by atoms with van der Waals surface area (Å²) < 4.78 is 11.0. The Labute approximate surface area is 215 Å². The van der Waals surface area contributed by atoms with E-state index in [2.05, 4.69) is 21.2 Å². The Bertz CT molecular complexity index is 1300. The molecule has 0 aliphatic carbocycles. The first-order valence-electron chi connectivity index (χ1n) is 11.7. The van der Waals surface area contributed by atoms with E-state index in [4.69, 9.17) is 9.47 Å². The second-order valence-corrected chi connectivity index (χ2v) is 8.27. The zero-order valence-corrected chi connectivity index (χ0v) is 21.3. The van der Waals surface area contributed by atoms with Crippen LogP contribution in [0.25, 0.3) is 0 Å². The van der Waals surface area contributed by atoms with Crippen molar-refractivity contribution in [1.29, 1.82) is 0 Å². The van der Waals surface area contributed by atoms with Gasteiger partial charge in [-0.1, -0.05) is 36.8 Å². The number of amides is 3. The summed E-state index contributed by atoms with van der Waals surface area (Å²) in [6.45, 7) is 5.73. The number of benzene rings is 3. The zero-order chi connectivity index (χ0) is 26.8. The fraction of sp³-hybridized carbons (Fsp3) is 0.214. The molecule has 0 fully saturated rings. The molecule has 0 heterocycles. The van der Waals surface area contributed by atoms with E-state index >= 15 is 0 Å². The number of hydrazone groups is 1. The minimum absolute atomic E-state index is 0.205. The molecule has 37 heavy (non-hydrogen) atoms. The summed E-state index contributed by atoms with van der Waals surface area (Å²) >= 11 is 0. The summed E-state index contributed by atoms with van der Waals surface area (Å²) in [6, 6.07) is 17.9. The lowest BCUT2D eigenvalue weighted by Gasteiger charge is -2.12. The van der Waals surface area contributed by atoms with Crippen molar-refractivity contribution in [3.63, 3.8) is 0 Å². The van der Waals surface area contributed by atoms with E-state index in [1.165, 1.54) is 13.3 Å². The third kappa shape index (κ3) is 7.93. The van der Waals surface area contributed by atoms with Gasteiger partial charge < -0.3 is 20.1 Å². The van der Waals surface area contributed by atoms with Crippen molar-refractivity contribution in [3.05, 3.63) is 82.9 Å². The number of carbonyl (C=O) groups is 3. The van der Waals surface area contributed by atoms with Gasteiger partial charge in [0.25, 0.3) is 5.91 Å². The summed E-state index contributed by atoms with van der Waals surface area (Å²) in [5.74, 6) is -1.29. The highest BCUT2D eigenvalue weighted by Gasteiger charge is 2.13. The van der Waals surface area contributed by atoms with Crippen molar-refractivity contribution < 1.29 is 23.9 Å². The summed E-state index contributed by atoms with van der Waals surface area (Å²) in [5.41, 5.74) is 7.22. The fourth-order valence-corrected chi connectivity index (χ4v) is 3.40. The van der Waals surface area contributed by atoms with Gasteiger partial charge in [-0.15, -0.1) is 0 Å². The molecule has 0 aliphatic rings. The average Bonchev–Trinajstić information content (AvgIpc) is 2.89. The van der Waals surface area contributed by atoms with Gasteiger partial charge in [0.1, 0.15) is 0 Å². The SMILES string of the molecule is CCc1ccc(NC(=O)C(=O)N/N=C\c2ccc(OCC(=O)Nc3ccc(C)cc3C)c(OC)c2)cc1. The first-order chi connectivity index (χ1) is 17.8. The zero-order valence-electron chi connectivity index (χ0n) is 21.3. The lowest BCUT2D eigenvalue weighted by Crippen LogP contribution is -2.32. The number of rotatable bonds is 9. The van der Waals surface area contributed by atoms with Gasteiger partial charge in [0.2, 0.25) is 0 Å². The molecule has 3 N–H and O–H groups in total. The van der Waals surface area contributed by atoms with Crippen LogP contribution in [0.3, 0.4) is 0 Å². The predicted octanol–water partition coefficient (Wildman–Crippen LogP) is 3.98. The van der Waals surface area contributed by atoms with Crippen molar-refractivity contribution >= 4 is 35.3 Å². The largest absolute Gasteiger partial charge is 0.493 e. The van der Waals surface area contributed by atoms with Crippen molar-refractivity contribution in [2.75, 3.05) is 24.4 Å². The molecule has 3 rings (SSSR count). The van der Waals surface area contributed by atoms with Crippen molar-refractivity contribution in [1.82, 2.24) is 5.43 Å². The number of nitrogens with one attached hydrogen (secondary N) is 3. The number of aryl methyl sites for hydroxylation is 3. The van der Waals surface area contributed by atoms with E-state index in [9.17, 15) is 14.4 Å². The molecule has 0 radical (unpaired) electrons. The number of hydrogen-bond donors (Lipinski definition) is 3. The van der Waals surface area contributed by atoms with Gasteiger partial charge in [0, 0.05) is 11.4 Å². The maximum atomic E-state index is 12.3. The average molecular weight is 503 g/mol. The number of hydrogen-bond acceptors (Lipinski definition) is 6. The van der Waals surface area contributed by atoms with Crippen LogP contribution >= 0.6 is 0 Å². The van der Waals surface area contributed by atoms with Crippen LogP contribution < -0.4 is 25.5 Å². The summed E-state index contributed by atoms with van der Waals surface area (Å²) in [6.07, 6.45) is 2.24. The molecule has 0 saturated heterocycles. The quantitative estimate of drug-likeness (QED) is 0.232. The van der Waals surface area contributed by atoms with Gasteiger partial charge in [-0.05, 0) is 73.4 Å². The highest BCUT2D eigenvalue weighted by Crippen LogP contribution is 2.27. The van der Waals surface area contributed by atoms with E-state index in [0.717, 1.165) is 28.8 Å². The molecule has 9 heteroatoms. The monoisotopic (exact) mass is 502 g/mol. The Morgan fingerprint density at radius 3 is 2.32 bits per heavy atom. The topological polar surface area (TPSA) is 118 Å². The molecule has 3 amide bonds. The lowest BCUT2D eigenvalue weighted by molar-refractivity contribution is -0.136. The maximum Gasteiger partial charge on any atom is 0.329 e. The number of nitrogens with zero attached hydrogens (tertiary/aromatic N) is 1. The molecule has 0 saturated carbocycles. The Balaban J connectivity index is 1.52. The van der Waals surface area contributed by atoms with Crippen molar-refractivity contribution in [2.45, 2.75) is 27.2 Å². The standard InChI is InChI=1S/C28H30N4O5/c1-5-20-7-10-22(11-8-20)30-27(34)28(35)32-29-16-21-9-13-24(25(15-21)36-4)37-17-26(33)31-23-12-6-18(2)14-19(23)3/h6-16H,5,17H2,1-4H3,(H,30,34)(H,31,33)(H,32,35)/b29-16-. The van der Waals surface area contributed by atoms with Crippen molar-refractivity contribution in [3.8, 4) is 11.5 Å². The molecular formula is C28H30N4O5. The molecule has 0 unspecified atom stereocenters. The minimum Gasteiger partial charge on any atom is -0.493 e. The molecule has 9 nitrogen and oxygen atoms in total. The van der Waals surface area contributed by atoms with Gasteiger partial charge in [0.15, 0.2) is 18.1 Å². The molecule has 0 bridgehead atoms. The van der Waals surface area contributed by atoms with E-state index in [1.54, 1.807) is 30.3 Å². The third-order valence-corrected chi connectivity index (χ3v) is 5.41. The first kappa shape index (κ1) is 26.9. The van der Waals surface area contributed by atoms with Crippen LogP contribution in [0.1, 0.15) is 29.2 Å². The molecule has 0 atom stereocenters. The van der Waals surface area contributed by atoms with Crippen LogP contribution in [0.15, 0.2) is 65.8 Å². The Kier molecular flexibility index (Phi) is 9.37. The highest BCUT2D eigenvalue weighted by atomic mass is 16.5. The number of ether oxygens (including phenoxy) is 2. The van der Waals surface area contributed by atoms with Crippen LogP contribution in [0.4, 0.5) is 11.4 Å². The van der Waals surface area contributed by atoms with Gasteiger partial charge in [-0.2, -0.15) is 5.10 Å². The summed E-state index contributed by atoms with van der Waals surface area (Å²) in [7, 11) is 1.47. The second kappa shape index (κ2) is 12.9. The molecule has 3 aromatic carbocycles. The molecular weight excluding hydrogens is 472 g/mol. The van der Waals surface area contributed by atoms with Crippen LogP contribution in [0, 0.1) is 13.8 Å². The third-order valence-electron chi connectivity index (χ3n) is 5.41. The maximum absolute atomic E-state index is 12.3. The van der Waals surface area contributed by atoms with Gasteiger partial charge >= 0.3 is 11.8 Å². The van der Waals surface area contributed by atoms with Crippen LogP contribution in [0.2, 0.25) is 0 Å². The van der Waals surface area contributed by atoms with Gasteiger partial charge in [-0.3, -0.25) is 14.4 Å². The molecule has 3 aromatic rings. The number of carbonyl (C=O) groups excluding carboxylic acids is 3. The first-order valence-corrected chi connectivity index (χ1v) is 11.7. The summed E-state index contributed by atoms with van der Waals surface area (Å²) in [4.78, 5) is 36.4. The van der Waals surface area contributed by atoms with E-state index in [0.29, 0.717) is 22.7 Å². The molecule has 0 aliphatic heterocycles. The lowest BCUT2D eigenvalue weighted by atomic mass is 10.1. The predicted molar refractivity (Wildman–Crippen MR) is 143 cm³/mol. The number of anilines is 2. The van der Waals surface area contributed by atoms with E-state index < -0.39 is 11.8 Å². The van der Waals surface area contributed by atoms with Crippen LogP contribution in [0.5, 0.6) is 11.5 Å². The smallest absolute Gasteiger partial charge is 0.329 e. The molecule has 0 aromatic heterocycles. The second-order valence-electron chi connectivity index (χ2n) is 8.27. The van der Waals surface area contributed by atoms with Gasteiger partial charge in [0.05, 0.1) is 13.3 Å². The normalized spacial score (nSPS) is 10.6. The van der Waals surface area contributed by atoms with Crippen molar-refractivity contribution in [2.24, 2.45) is 5.10 Å². The highest BCUT2D eigenvalue weighted by molar-refractivity contribution is 6.39. The van der Waals surface area contributed by atoms with Crippen LogP contribution in [-0.4, -0.2) is 37.7 Å². The Morgan fingerprint density at radius 2 is 1.65 bits per heavy atom. The summed E-state index contributed by atoms with van der Waals surface area (Å²) in [5, 5.41) is 9.17. The van der Waals surface area contributed by atoms with E-state index in [1.807, 2.05) is 51.1 Å². The molecule has 192 valence electrons. The Hall–Kier alpha value is -4.66. The molecule has 0 spiro atoms.